The van der Waals surface area contributed by atoms with E-state index in [2.05, 4.69) is 0 Å². The lowest BCUT2D eigenvalue weighted by Gasteiger charge is -2.29. The number of carbonyl (C=O) groups excluding carboxylic acids is 2. The molecule has 158 valence electrons. The van der Waals surface area contributed by atoms with E-state index in [1.54, 1.807) is 30.3 Å². The molecule has 2 saturated heterocycles. The monoisotopic (exact) mass is 448 g/mol. The number of carbonyl (C=O) groups is 2. The quantitative estimate of drug-likeness (QED) is 0.634. The highest BCUT2D eigenvalue weighted by molar-refractivity contribution is 7.89. The van der Waals surface area contributed by atoms with E-state index in [4.69, 9.17) is 16.3 Å². The van der Waals surface area contributed by atoms with E-state index >= 15 is 0 Å². The van der Waals surface area contributed by atoms with Crippen molar-refractivity contribution in [1.29, 1.82) is 0 Å². The van der Waals surface area contributed by atoms with Gasteiger partial charge < -0.3 is 4.74 Å². The van der Waals surface area contributed by atoms with Crippen molar-refractivity contribution in [2.45, 2.75) is 36.3 Å². The Balaban J connectivity index is 1.70. The number of imide groups is 1. The summed E-state index contributed by atoms with van der Waals surface area (Å²) in [5.41, 5.74) is 0.427. The van der Waals surface area contributed by atoms with Gasteiger partial charge in [-0.1, -0.05) is 29.8 Å². The Morgan fingerprint density at radius 1 is 1.07 bits per heavy atom. The predicted molar refractivity (Wildman–Crippen MR) is 112 cm³/mol. The van der Waals surface area contributed by atoms with Gasteiger partial charge in [-0.25, -0.2) is 13.3 Å². The number of anilines is 1. The van der Waals surface area contributed by atoms with E-state index in [1.165, 1.54) is 24.3 Å². The van der Waals surface area contributed by atoms with E-state index in [0.717, 1.165) is 15.6 Å². The lowest BCUT2D eigenvalue weighted by molar-refractivity contribution is -0.122. The summed E-state index contributed by atoms with van der Waals surface area (Å²) in [7, 11) is -4.06. The largest absolute Gasteiger partial charge is 0.377 e. The zero-order valence-corrected chi connectivity index (χ0v) is 17.7. The smallest absolute Gasteiger partial charge is 0.252 e. The number of ether oxygens (including phenoxy) is 1. The van der Waals surface area contributed by atoms with Gasteiger partial charge in [0.1, 0.15) is 6.04 Å². The third-order valence-corrected chi connectivity index (χ3v) is 7.45. The first-order valence-corrected chi connectivity index (χ1v) is 11.5. The van der Waals surface area contributed by atoms with Crippen LogP contribution >= 0.6 is 11.6 Å². The van der Waals surface area contributed by atoms with E-state index in [1.807, 2.05) is 0 Å². The normalized spacial score (nSPS) is 22.3. The lowest BCUT2D eigenvalue weighted by atomic mass is 10.2. The molecule has 2 aromatic rings. The fraction of sp³-hybridized carbons (Fsp3) is 0.333. The van der Waals surface area contributed by atoms with Crippen molar-refractivity contribution >= 4 is 39.1 Å². The van der Waals surface area contributed by atoms with Gasteiger partial charge >= 0.3 is 0 Å². The summed E-state index contributed by atoms with van der Waals surface area (Å²) in [6.45, 7) is 0.560. The number of amides is 2. The highest BCUT2D eigenvalue weighted by Gasteiger charge is 2.47. The third kappa shape index (κ3) is 4.00. The Kier molecular flexibility index (Phi) is 5.92. The van der Waals surface area contributed by atoms with E-state index in [-0.39, 0.29) is 24.0 Å². The second-order valence-electron chi connectivity index (χ2n) is 7.29. The average Bonchev–Trinajstić information content (AvgIpc) is 3.34. The van der Waals surface area contributed by atoms with E-state index in [9.17, 15) is 18.0 Å². The lowest BCUT2D eigenvalue weighted by Crippen LogP contribution is -2.48. The Morgan fingerprint density at radius 2 is 1.77 bits per heavy atom. The number of halogens is 1. The zero-order valence-electron chi connectivity index (χ0n) is 16.1. The first kappa shape index (κ1) is 21.0. The van der Waals surface area contributed by atoms with Crippen LogP contribution in [0.2, 0.25) is 5.02 Å². The number of rotatable bonds is 6. The Bertz CT molecular complexity index is 1040. The van der Waals surface area contributed by atoms with Crippen molar-refractivity contribution in [3.05, 3.63) is 59.6 Å². The predicted octanol–water partition coefficient (Wildman–Crippen LogP) is 2.84. The van der Waals surface area contributed by atoms with Gasteiger partial charge in [0.05, 0.1) is 23.1 Å². The third-order valence-electron chi connectivity index (χ3n) is 5.31. The summed E-state index contributed by atoms with van der Waals surface area (Å²) in [5.74, 6) is -0.985. The molecular weight excluding hydrogens is 428 g/mol. The highest BCUT2D eigenvalue weighted by atomic mass is 35.5. The molecule has 0 N–H and O–H groups in total. The van der Waals surface area contributed by atoms with Crippen molar-refractivity contribution < 1.29 is 22.7 Å². The van der Waals surface area contributed by atoms with Gasteiger partial charge in [-0.15, -0.1) is 0 Å². The van der Waals surface area contributed by atoms with Gasteiger partial charge in [0.25, 0.3) is 5.91 Å². The number of hydrogen-bond donors (Lipinski definition) is 0. The molecule has 2 fully saturated rings. The summed E-state index contributed by atoms with van der Waals surface area (Å²) in [4.78, 5) is 27.0. The molecule has 7 nitrogen and oxygen atoms in total. The van der Waals surface area contributed by atoms with Crippen LogP contribution in [0.4, 0.5) is 5.69 Å². The van der Waals surface area contributed by atoms with Crippen LogP contribution in [-0.2, 0) is 24.3 Å². The second kappa shape index (κ2) is 8.47. The van der Waals surface area contributed by atoms with E-state index in [0.29, 0.717) is 23.7 Å². The van der Waals surface area contributed by atoms with Gasteiger partial charge in [-0.05, 0) is 49.2 Å². The van der Waals surface area contributed by atoms with Crippen molar-refractivity contribution in [3.63, 3.8) is 0 Å². The van der Waals surface area contributed by atoms with Crippen LogP contribution in [0.25, 0.3) is 0 Å². The molecule has 9 heteroatoms. The minimum Gasteiger partial charge on any atom is -0.377 e. The second-order valence-corrected chi connectivity index (χ2v) is 9.61. The first-order valence-electron chi connectivity index (χ1n) is 9.69. The molecule has 0 aromatic heterocycles. The highest BCUT2D eigenvalue weighted by Crippen LogP contribution is 2.31. The number of sulfonamides is 1. The Morgan fingerprint density at radius 3 is 2.40 bits per heavy atom. The molecule has 2 aliphatic rings. The SMILES string of the molecule is O=C1CC(N(CC2CCCO2)S(=O)(=O)c2ccc(Cl)cc2)C(=O)N1c1ccccc1. The molecule has 4 rings (SSSR count). The molecule has 2 unspecified atom stereocenters. The summed E-state index contributed by atoms with van der Waals surface area (Å²) in [5, 5.41) is 0.405. The number of benzene rings is 2. The molecule has 2 heterocycles. The maximum absolute atomic E-state index is 13.5. The van der Waals surface area contributed by atoms with Gasteiger partial charge in [-0.3, -0.25) is 9.59 Å². The van der Waals surface area contributed by atoms with Crippen LogP contribution in [-0.4, -0.2) is 49.8 Å². The topological polar surface area (TPSA) is 84.0 Å². The Labute approximate surface area is 180 Å². The molecule has 0 bridgehead atoms. The maximum atomic E-state index is 13.5. The summed E-state index contributed by atoms with van der Waals surface area (Å²) < 4.78 is 33.7. The summed E-state index contributed by atoms with van der Waals surface area (Å²) >= 11 is 5.90. The summed E-state index contributed by atoms with van der Waals surface area (Å²) in [6.07, 6.45) is 0.991. The molecule has 0 radical (unpaired) electrons. The fourth-order valence-electron chi connectivity index (χ4n) is 3.81. The number of para-hydroxylation sites is 1. The van der Waals surface area contributed by atoms with Gasteiger partial charge in [0.2, 0.25) is 15.9 Å². The molecule has 0 spiro atoms. The van der Waals surface area contributed by atoms with Crippen LogP contribution < -0.4 is 4.90 Å². The molecule has 30 heavy (non-hydrogen) atoms. The van der Waals surface area contributed by atoms with Crippen molar-refractivity contribution in [2.75, 3.05) is 18.1 Å². The van der Waals surface area contributed by atoms with Crippen LogP contribution in [0.1, 0.15) is 19.3 Å². The van der Waals surface area contributed by atoms with Gasteiger partial charge in [0.15, 0.2) is 0 Å². The van der Waals surface area contributed by atoms with Crippen LogP contribution in [0.3, 0.4) is 0 Å². The van der Waals surface area contributed by atoms with Gasteiger partial charge in [-0.2, -0.15) is 4.31 Å². The van der Waals surface area contributed by atoms with Crippen molar-refractivity contribution in [2.24, 2.45) is 0 Å². The van der Waals surface area contributed by atoms with Crippen molar-refractivity contribution in [3.8, 4) is 0 Å². The fourth-order valence-corrected chi connectivity index (χ4v) is 5.55. The van der Waals surface area contributed by atoms with Gasteiger partial charge in [0, 0.05) is 18.2 Å². The molecule has 2 aliphatic heterocycles. The molecule has 0 saturated carbocycles. The average molecular weight is 449 g/mol. The van der Waals surface area contributed by atoms with Crippen molar-refractivity contribution in [1.82, 2.24) is 4.31 Å². The number of hydrogen-bond acceptors (Lipinski definition) is 5. The molecule has 2 atom stereocenters. The molecule has 2 aromatic carbocycles. The van der Waals surface area contributed by atoms with Crippen LogP contribution in [0.5, 0.6) is 0 Å². The summed E-state index contributed by atoms with van der Waals surface area (Å²) in [6, 6.07) is 13.2. The standard InChI is InChI=1S/C21H21ClN2O5S/c22-15-8-10-18(11-9-15)30(27,28)23(14-17-7-4-12-29-17)19-13-20(25)24(21(19)26)16-5-2-1-3-6-16/h1-3,5-6,8-11,17,19H,4,7,12-14H2. The van der Waals surface area contributed by atoms with Crippen LogP contribution in [0, 0.1) is 0 Å². The maximum Gasteiger partial charge on any atom is 0.252 e. The molecule has 2 amide bonds. The van der Waals surface area contributed by atoms with E-state index < -0.39 is 27.9 Å². The van der Waals surface area contributed by atoms with Crippen LogP contribution in [0.15, 0.2) is 59.5 Å². The first-order chi connectivity index (χ1) is 14.4. The minimum absolute atomic E-state index is 0.0112. The zero-order chi connectivity index (χ0) is 21.3. The minimum atomic E-state index is -4.06. The Hall–Kier alpha value is -2.26. The number of nitrogens with zero attached hydrogens (tertiary/aromatic N) is 2. The molecule has 0 aliphatic carbocycles. The molecular formula is C21H21ClN2O5S.